The molecular formula is C42H56N8O3. The Morgan fingerprint density at radius 1 is 0.962 bits per heavy atom. The molecule has 0 spiro atoms. The number of fused-ring (bicyclic) bond motifs is 3. The van der Waals surface area contributed by atoms with Crippen molar-refractivity contribution in [2.24, 2.45) is 23.2 Å². The number of aromatic amines is 1. The molecule has 7 rings (SSSR count). The van der Waals surface area contributed by atoms with E-state index in [1.54, 1.807) is 6.20 Å². The van der Waals surface area contributed by atoms with Gasteiger partial charge in [-0.05, 0) is 119 Å². The smallest absolute Gasteiger partial charge is 0.253 e. The van der Waals surface area contributed by atoms with E-state index in [2.05, 4.69) is 76.4 Å². The monoisotopic (exact) mass is 720 g/mol. The molecule has 2 aliphatic carbocycles. The van der Waals surface area contributed by atoms with Gasteiger partial charge in [0.2, 0.25) is 5.91 Å². The maximum Gasteiger partial charge on any atom is 0.253 e. The maximum atomic E-state index is 13.7. The molecule has 0 radical (unpaired) electrons. The first-order valence-corrected chi connectivity index (χ1v) is 19.6. The third-order valence-corrected chi connectivity index (χ3v) is 12.0. The molecule has 4 heterocycles. The van der Waals surface area contributed by atoms with Gasteiger partial charge in [0.1, 0.15) is 5.82 Å². The summed E-state index contributed by atoms with van der Waals surface area (Å²) in [5.41, 5.74) is 4.93. The van der Waals surface area contributed by atoms with Crippen LogP contribution in [0.25, 0.3) is 22.0 Å². The lowest BCUT2D eigenvalue weighted by Gasteiger charge is -2.46. The van der Waals surface area contributed by atoms with E-state index in [1.807, 2.05) is 36.9 Å². The Morgan fingerprint density at radius 2 is 1.70 bits per heavy atom. The van der Waals surface area contributed by atoms with E-state index in [1.165, 1.54) is 19.3 Å². The minimum absolute atomic E-state index is 0.103. The van der Waals surface area contributed by atoms with Gasteiger partial charge in [0, 0.05) is 85.7 Å². The van der Waals surface area contributed by atoms with Crippen molar-refractivity contribution in [3.63, 3.8) is 0 Å². The molecule has 53 heavy (non-hydrogen) atoms. The number of anilines is 1. The number of rotatable bonds is 10. The number of piperazine rings is 1. The number of hydrogen-bond donors (Lipinski definition) is 3. The molecule has 3 fully saturated rings. The number of nitrogens with zero attached hydrogens (tertiary/aromatic N) is 5. The van der Waals surface area contributed by atoms with Crippen LogP contribution < -0.4 is 21.1 Å². The van der Waals surface area contributed by atoms with Crippen LogP contribution in [0.15, 0.2) is 47.5 Å². The summed E-state index contributed by atoms with van der Waals surface area (Å²) in [5.74, 6) is 3.13. The second kappa shape index (κ2) is 15.1. The Morgan fingerprint density at radius 3 is 2.36 bits per heavy atom. The minimum Gasteiger partial charge on any atom is -0.354 e. The van der Waals surface area contributed by atoms with Crippen LogP contribution in [0.1, 0.15) is 93.0 Å². The van der Waals surface area contributed by atoms with Crippen LogP contribution in [0.3, 0.4) is 0 Å². The summed E-state index contributed by atoms with van der Waals surface area (Å²) in [7, 11) is 0. The highest BCUT2D eigenvalue weighted by Crippen LogP contribution is 2.50. The molecule has 2 unspecified atom stereocenters. The lowest BCUT2D eigenvalue weighted by molar-refractivity contribution is -0.135. The van der Waals surface area contributed by atoms with Gasteiger partial charge >= 0.3 is 0 Å². The number of pyridine rings is 2. The molecule has 3 aliphatic rings. The Hall–Kier alpha value is -4.51. The van der Waals surface area contributed by atoms with E-state index in [4.69, 9.17) is 4.98 Å². The lowest BCUT2D eigenvalue weighted by atomic mass is 9.59. The first-order chi connectivity index (χ1) is 25.4. The van der Waals surface area contributed by atoms with Crippen molar-refractivity contribution in [3.05, 3.63) is 75.5 Å². The zero-order valence-corrected chi connectivity index (χ0v) is 32.3. The minimum atomic E-state index is -0.262. The van der Waals surface area contributed by atoms with E-state index in [-0.39, 0.29) is 35.4 Å². The molecule has 2 bridgehead atoms. The Bertz CT molecular complexity index is 2010. The van der Waals surface area contributed by atoms with Gasteiger partial charge in [0.05, 0.1) is 17.3 Å². The lowest BCUT2D eigenvalue weighted by Crippen LogP contribution is -2.50. The zero-order chi connectivity index (χ0) is 37.4. The van der Waals surface area contributed by atoms with E-state index < -0.39 is 0 Å². The van der Waals surface area contributed by atoms with Crippen molar-refractivity contribution in [1.29, 1.82) is 0 Å². The maximum absolute atomic E-state index is 13.7. The number of nitrogens with one attached hydrogen (secondary N) is 3. The van der Waals surface area contributed by atoms with Crippen LogP contribution >= 0.6 is 0 Å². The number of carbonyl (C=O) groups is 2. The number of carbonyl (C=O) groups excluding carboxylic acids is 2. The highest BCUT2D eigenvalue weighted by Gasteiger charge is 2.45. The van der Waals surface area contributed by atoms with E-state index >= 15 is 0 Å². The molecule has 2 atom stereocenters. The molecule has 3 N–H and O–H groups in total. The molecule has 2 amide bonds. The highest BCUT2D eigenvalue weighted by atomic mass is 16.2. The number of aryl methyl sites for hydroxylation is 2. The predicted octanol–water partition coefficient (Wildman–Crippen LogP) is 6.01. The summed E-state index contributed by atoms with van der Waals surface area (Å²) in [6.07, 6.45) is 9.57. The molecule has 2 saturated carbocycles. The molecule has 4 aromatic rings. The van der Waals surface area contributed by atoms with Crippen LogP contribution in [0.5, 0.6) is 0 Å². The summed E-state index contributed by atoms with van der Waals surface area (Å²) >= 11 is 0. The summed E-state index contributed by atoms with van der Waals surface area (Å²) < 4.78 is 1.93. The molecule has 11 heteroatoms. The largest absolute Gasteiger partial charge is 0.354 e. The summed E-state index contributed by atoms with van der Waals surface area (Å²) in [4.78, 5) is 52.1. The van der Waals surface area contributed by atoms with Gasteiger partial charge in [-0.3, -0.25) is 24.0 Å². The zero-order valence-electron chi connectivity index (χ0n) is 32.3. The molecule has 11 nitrogen and oxygen atoms in total. The molecule has 1 saturated heterocycles. The van der Waals surface area contributed by atoms with E-state index in [0.29, 0.717) is 29.5 Å². The number of hydrogen-bond acceptors (Lipinski definition) is 7. The Labute approximate surface area is 312 Å². The normalized spacial score (nSPS) is 23.4. The van der Waals surface area contributed by atoms with Crippen molar-refractivity contribution in [2.75, 3.05) is 44.2 Å². The van der Waals surface area contributed by atoms with Gasteiger partial charge in [-0.1, -0.05) is 13.8 Å². The second-order valence-electron chi connectivity index (χ2n) is 16.8. The standard InChI is InChI=1S/C42H56N8O3/c1-26(2)50-37-20-33(19-34(36(37)25-46-50)39(51)45-24-35-28(4)17-29(5)47-40(35)52)32-7-8-38(44-23-32)49-13-11-48(12-14-49)10-9-43-41(53)42(6)21-30-15-27(3)16-31(18-30)22-42/h7-8,17,19-20,23,25-27,30-31H,9-16,18,21-22,24H2,1-6H3,(H,43,53)(H,45,51)(H,47,52). The van der Waals surface area contributed by atoms with E-state index in [0.717, 1.165) is 90.6 Å². The van der Waals surface area contributed by atoms with Crippen LogP contribution in [-0.4, -0.2) is 75.7 Å². The van der Waals surface area contributed by atoms with Crippen molar-refractivity contribution in [2.45, 2.75) is 86.2 Å². The fraction of sp³-hybridized carbons (Fsp3) is 0.548. The van der Waals surface area contributed by atoms with Crippen molar-refractivity contribution >= 4 is 28.5 Å². The molecular weight excluding hydrogens is 665 g/mol. The SMILES string of the molecule is Cc1cc(C)c(CNC(=O)c2cc(-c3ccc(N4CCN(CCNC(=O)C5(C)CC6CC(C)CC(C6)C5)CC4)nc3)cc3c2cnn3C(C)C)c(=O)[nH]1. The van der Waals surface area contributed by atoms with Crippen molar-refractivity contribution in [3.8, 4) is 11.1 Å². The highest BCUT2D eigenvalue weighted by molar-refractivity contribution is 6.08. The number of benzene rings is 1. The number of amides is 2. The predicted molar refractivity (Wildman–Crippen MR) is 210 cm³/mol. The second-order valence-corrected chi connectivity index (χ2v) is 16.8. The topological polar surface area (TPSA) is 128 Å². The van der Waals surface area contributed by atoms with Gasteiger partial charge in [0.25, 0.3) is 11.5 Å². The fourth-order valence-corrected chi connectivity index (χ4v) is 9.54. The third kappa shape index (κ3) is 7.91. The molecule has 1 aliphatic heterocycles. The van der Waals surface area contributed by atoms with Crippen LogP contribution in [0.4, 0.5) is 5.82 Å². The Kier molecular flexibility index (Phi) is 10.5. The summed E-state index contributed by atoms with van der Waals surface area (Å²) in [6, 6.07) is 10.1. The number of H-pyrrole nitrogens is 1. The first kappa shape index (κ1) is 36.8. The average molecular weight is 721 g/mol. The Balaban J connectivity index is 0.972. The van der Waals surface area contributed by atoms with Gasteiger partial charge in [-0.2, -0.15) is 5.10 Å². The summed E-state index contributed by atoms with van der Waals surface area (Å²) in [6.45, 7) is 17.7. The van der Waals surface area contributed by atoms with Gasteiger partial charge in [-0.25, -0.2) is 4.98 Å². The summed E-state index contributed by atoms with van der Waals surface area (Å²) in [5, 5.41) is 11.7. The molecule has 3 aromatic heterocycles. The van der Waals surface area contributed by atoms with Gasteiger partial charge in [0.15, 0.2) is 0 Å². The van der Waals surface area contributed by atoms with Gasteiger partial charge < -0.3 is 20.5 Å². The quantitative estimate of drug-likeness (QED) is 0.183. The molecule has 1 aromatic carbocycles. The van der Waals surface area contributed by atoms with Crippen molar-refractivity contribution in [1.82, 2.24) is 35.3 Å². The van der Waals surface area contributed by atoms with E-state index in [9.17, 15) is 14.4 Å². The third-order valence-electron chi connectivity index (χ3n) is 12.0. The van der Waals surface area contributed by atoms with Crippen molar-refractivity contribution < 1.29 is 9.59 Å². The van der Waals surface area contributed by atoms with Crippen LogP contribution in [-0.2, 0) is 11.3 Å². The van der Waals surface area contributed by atoms with Gasteiger partial charge in [-0.15, -0.1) is 0 Å². The van der Waals surface area contributed by atoms with Crippen LogP contribution in [0, 0.1) is 37.0 Å². The molecule has 282 valence electrons. The number of aromatic nitrogens is 4. The fourth-order valence-electron chi connectivity index (χ4n) is 9.54. The van der Waals surface area contributed by atoms with Crippen LogP contribution in [0.2, 0.25) is 0 Å². The average Bonchev–Trinajstić information content (AvgIpc) is 3.55. The first-order valence-electron chi connectivity index (χ1n) is 19.6.